The Labute approximate surface area is 263 Å². The van der Waals surface area contributed by atoms with Gasteiger partial charge in [-0.3, -0.25) is 15.0 Å². The molecule has 4 aromatic rings. The van der Waals surface area contributed by atoms with Crippen LogP contribution in [-0.4, -0.2) is 29.1 Å². The number of cyclic esters (lactones) is 1. The molecule has 1 saturated heterocycles. The van der Waals surface area contributed by atoms with Crippen LogP contribution in [0.3, 0.4) is 0 Å². The minimum Gasteiger partial charge on any atom is -0.496 e. The van der Waals surface area contributed by atoms with Gasteiger partial charge in [-0.2, -0.15) is 26.3 Å². The summed E-state index contributed by atoms with van der Waals surface area (Å²) in [5, 5.41) is 12.5. The number of alkyl halides is 6. The molecule has 2 atom stereocenters. The molecule has 0 aliphatic carbocycles. The first-order valence-corrected chi connectivity index (χ1v) is 14.2. The number of ether oxygens (including phenoxy) is 2. The first-order valence-electron chi connectivity index (χ1n) is 14.2. The third-order valence-electron chi connectivity index (χ3n) is 8.18. The molecule has 0 unspecified atom stereocenters. The van der Waals surface area contributed by atoms with Crippen LogP contribution in [0.25, 0.3) is 21.9 Å². The molecule has 0 aromatic heterocycles. The molecular weight excluding hydrogens is 637 g/mol. The largest absolute Gasteiger partial charge is 0.496 e. The third kappa shape index (κ3) is 6.41. The molecule has 1 heterocycles. The van der Waals surface area contributed by atoms with Crippen molar-refractivity contribution < 1.29 is 49.9 Å². The number of amides is 1. The first kappa shape index (κ1) is 33.5. The molecule has 1 aliphatic rings. The zero-order chi connectivity index (χ0) is 34.6. The molecule has 1 aliphatic heterocycles. The van der Waals surface area contributed by atoms with Crippen molar-refractivity contribution in [2.45, 2.75) is 57.7 Å². The number of nitro groups is 1. The Hall–Kier alpha value is -4.88. The monoisotopic (exact) mass is 664 g/mol. The van der Waals surface area contributed by atoms with Crippen molar-refractivity contribution >= 4 is 22.6 Å². The van der Waals surface area contributed by atoms with E-state index in [0.29, 0.717) is 39.8 Å². The van der Waals surface area contributed by atoms with Gasteiger partial charge in [0.05, 0.1) is 41.1 Å². The van der Waals surface area contributed by atoms with E-state index in [4.69, 9.17) is 9.47 Å². The van der Waals surface area contributed by atoms with Crippen LogP contribution >= 0.6 is 0 Å². The van der Waals surface area contributed by atoms with E-state index in [1.807, 2.05) is 0 Å². The van der Waals surface area contributed by atoms with Gasteiger partial charge >= 0.3 is 18.4 Å². The molecule has 14 heteroatoms. The zero-order valence-corrected chi connectivity index (χ0v) is 25.3. The number of fused-ring (bicyclic) bond motifs is 1. The van der Waals surface area contributed by atoms with Gasteiger partial charge in [0.15, 0.2) is 0 Å². The maximum atomic E-state index is 15.0. The standard InChI is InChI=1S/C33H27F7N2O5/c1-16(2)23-12-26(29(46-4)14-27(23)34)24-13-25-18(6-5-7-28(25)42(44)45)8-20(24)15-41-17(3)30(47-31(41)43)19-9-21(32(35,36)37)11-22(10-19)33(38,39)40/h5-14,16-17,30H,15H2,1-4H3/t17-,30-/m0/s1. The Morgan fingerprint density at radius 2 is 1.60 bits per heavy atom. The number of nitrogens with zero attached hydrogens (tertiary/aromatic N) is 2. The molecule has 1 fully saturated rings. The SMILES string of the molecule is COc1cc(F)c(C(C)C)cc1-c1cc2c([N+](=O)[O-])cccc2cc1CN1C(=O)O[C@H](c2cc(C(F)(F)F)cc(C(F)(F)F)c2)[C@@H]1C. The van der Waals surface area contributed by atoms with Gasteiger partial charge < -0.3 is 9.47 Å². The number of non-ortho nitro benzene ring substituents is 1. The molecule has 0 bridgehead atoms. The average molecular weight is 665 g/mol. The lowest BCUT2D eigenvalue weighted by Gasteiger charge is -2.24. The van der Waals surface area contributed by atoms with Crippen LogP contribution in [0, 0.1) is 15.9 Å². The van der Waals surface area contributed by atoms with E-state index in [-0.39, 0.29) is 35.4 Å². The van der Waals surface area contributed by atoms with Crippen LogP contribution in [0.2, 0.25) is 0 Å². The Bertz CT molecular complexity index is 1860. The van der Waals surface area contributed by atoms with Gasteiger partial charge in [0.25, 0.3) is 5.69 Å². The van der Waals surface area contributed by atoms with Gasteiger partial charge in [0, 0.05) is 17.7 Å². The lowest BCUT2D eigenvalue weighted by atomic mass is 9.90. The number of benzene rings is 4. The van der Waals surface area contributed by atoms with Gasteiger partial charge in [-0.1, -0.05) is 26.0 Å². The summed E-state index contributed by atoms with van der Waals surface area (Å²) in [6, 6.07) is 10.1. The number of hydrogen-bond donors (Lipinski definition) is 0. The highest BCUT2D eigenvalue weighted by Gasteiger charge is 2.43. The maximum absolute atomic E-state index is 15.0. The van der Waals surface area contributed by atoms with Crippen LogP contribution in [0.1, 0.15) is 60.6 Å². The summed E-state index contributed by atoms with van der Waals surface area (Å²) < 4.78 is 107. The number of carbonyl (C=O) groups is 1. The number of hydrogen-bond acceptors (Lipinski definition) is 5. The van der Waals surface area contributed by atoms with Gasteiger partial charge in [-0.15, -0.1) is 0 Å². The van der Waals surface area contributed by atoms with E-state index in [0.717, 1.165) is 4.90 Å². The highest BCUT2D eigenvalue weighted by molar-refractivity contribution is 5.96. The second-order valence-corrected chi connectivity index (χ2v) is 11.5. The summed E-state index contributed by atoms with van der Waals surface area (Å²) in [6.07, 6.45) is -12.7. The summed E-state index contributed by atoms with van der Waals surface area (Å²) >= 11 is 0. The molecule has 5 rings (SSSR count). The van der Waals surface area contributed by atoms with E-state index in [2.05, 4.69) is 0 Å². The predicted octanol–water partition coefficient (Wildman–Crippen LogP) is 9.81. The van der Waals surface area contributed by atoms with Crippen molar-refractivity contribution in [1.82, 2.24) is 4.90 Å². The molecular formula is C33H27F7N2O5. The predicted molar refractivity (Wildman–Crippen MR) is 157 cm³/mol. The number of nitro benzene ring substituents is 1. The highest BCUT2D eigenvalue weighted by atomic mass is 19.4. The van der Waals surface area contributed by atoms with Gasteiger partial charge in [0.1, 0.15) is 17.7 Å². The van der Waals surface area contributed by atoms with E-state index >= 15 is 0 Å². The topological polar surface area (TPSA) is 81.9 Å². The van der Waals surface area contributed by atoms with Crippen LogP contribution in [-0.2, 0) is 23.6 Å². The fourth-order valence-electron chi connectivity index (χ4n) is 5.78. The van der Waals surface area contributed by atoms with Crippen LogP contribution in [0.15, 0.2) is 60.7 Å². The zero-order valence-electron chi connectivity index (χ0n) is 25.3. The van der Waals surface area contributed by atoms with E-state index < -0.39 is 58.0 Å². The summed E-state index contributed by atoms with van der Waals surface area (Å²) in [5.74, 6) is -0.737. The molecule has 0 N–H and O–H groups in total. The fraction of sp³-hybridized carbons (Fsp3) is 0.303. The second-order valence-electron chi connectivity index (χ2n) is 11.5. The summed E-state index contributed by atoms with van der Waals surface area (Å²) in [5.41, 5.74) is -2.45. The summed E-state index contributed by atoms with van der Waals surface area (Å²) in [4.78, 5) is 25.7. The van der Waals surface area contributed by atoms with Crippen molar-refractivity contribution in [3.63, 3.8) is 0 Å². The first-order chi connectivity index (χ1) is 21.9. The molecule has 1 amide bonds. The fourth-order valence-corrected chi connectivity index (χ4v) is 5.78. The molecule has 248 valence electrons. The maximum Gasteiger partial charge on any atom is 0.416 e. The summed E-state index contributed by atoms with van der Waals surface area (Å²) in [7, 11) is 1.31. The van der Waals surface area contributed by atoms with E-state index in [1.165, 1.54) is 44.4 Å². The average Bonchev–Trinajstić information content (AvgIpc) is 3.27. The van der Waals surface area contributed by atoms with Crippen molar-refractivity contribution in [2.24, 2.45) is 0 Å². The molecule has 0 spiro atoms. The minimum absolute atomic E-state index is 0.00918. The second kappa shape index (κ2) is 12.0. The van der Waals surface area contributed by atoms with Crippen molar-refractivity contribution in [3.8, 4) is 16.9 Å². The number of rotatable bonds is 7. The van der Waals surface area contributed by atoms with E-state index in [9.17, 15) is 45.6 Å². The Morgan fingerprint density at radius 3 is 2.15 bits per heavy atom. The smallest absolute Gasteiger partial charge is 0.416 e. The minimum atomic E-state index is -5.10. The lowest BCUT2D eigenvalue weighted by Crippen LogP contribution is -2.31. The summed E-state index contributed by atoms with van der Waals surface area (Å²) in [6.45, 7) is 4.68. The van der Waals surface area contributed by atoms with Gasteiger partial charge in [-0.05, 0) is 76.9 Å². The molecule has 47 heavy (non-hydrogen) atoms. The van der Waals surface area contributed by atoms with Crippen LogP contribution in [0.4, 0.5) is 41.2 Å². The van der Waals surface area contributed by atoms with Crippen molar-refractivity contribution in [2.75, 3.05) is 7.11 Å². The Kier molecular flexibility index (Phi) is 8.58. The van der Waals surface area contributed by atoms with Crippen LogP contribution in [0.5, 0.6) is 5.75 Å². The normalized spacial score (nSPS) is 17.0. The molecule has 0 saturated carbocycles. The number of halogens is 7. The Morgan fingerprint density at radius 1 is 0.957 bits per heavy atom. The quantitative estimate of drug-likeness (QED) is 0.112. The van der Waals surface area contributed by atoms with Gasteiger partial charge in [0.2, 0.25) is 0 Å². The van der Waals surface area contributed by atoms with Crippen LogP contribution < -0.4 is 4.74 Å². The Balaban J connectivity index is 1.65. The lowest BCUT2D eigenvalue weighted by molar-refractivity contribution is -0.383. The van der Waals surface area contributed by atoms with E-state index in [1.54, 1.807) is 26.0 Å². The molecule has 7 nitrogen and oxygen atoms in total. The molecule has 4 aromatic carbocycles. The number of carbonyl (C=O) groups excluding carboxylic acids is 1. The van der Waals surface area contributed by atoms with Crippen molar-refractivity contribution in [3.05, 3.63) is 104 Å². The third-order valence-corrected chi connectivity index (χ3v) is 8.18. The number of methoxy groups -OCH3 is 1. The molecule has 0 radical (unpaired) electrons. The highest BCUT2D eigenvalue weighted by Crippen LogP contribution is 2.44. The van der Waals surface area contributed by atoms with Crippen molar-refractivity contribution in [1.29, 1.82) is 0 Å². The van der Waals surface area contributed by atoms with Gasteiger partial charge in [-0.25, -0.2) is 9.18 Å².